The molecule has 0 aromatic heterocycles. The van der Waals surface area contributed by atoms with E-state index < -0.39 is 36.1 Å². The molecule has 0 fully saturated rings. The number of rotatable bonds is 12. The third-order valence-electron chi connectivity index (χ3n) is 5.73. The Balaban J connectivity index is 2.10. The van der Waals surface area contributed by atoms with Crippen LogP contribution in [-0.2, 0) is 24.6 Å². The van der Waals surface area contributed by atoms with E-state index in [1.807, 2.05) is 91.0 Å². The van der Waals surface area contributed by atoms with Gasteiger partial charge in [-0.3, -0.25) is 10.1 Å². The van der Waals surface area contributed by atoms with Crippen molar-refractivity contribution in [2.24, 2.45) is 0 Å². The monoisotopic (exact) mass is 476 g/mol. The third kappa shape index (κ3) is 6.14. The summed E-state index contributed by atoms with van der Waals surface area (Å²) in [6.45, 7) is 1.26. The van der Waals surface area contributed by atoms with Crippen molar-refractivity contribution in [3.63, 3.8) is 0 Å². The predicted octanol–water partition coefficient (Wildman–Crippen LogP) is 2.62. The molecule has 0 aliphatic carbocycles. The van der Waals surface area contributed by atoms with Crippen LogP contribution in [-0.4, -0.2) is 56.0 Å². The van der Waals surface area contributed by atoms with Crippen LogP contribution in [0.15, 0.2) is 91.0 Å². The van der Waals surface area contributed by atoms with Crippen LogP contribution in [0.25, 0.3) is 0 Å². The number of methoxy groups -OCH3 is 1. The Kier molecular flexibility index (Phi) is 9.55. The van der Waals surface area contributed by atoms with Gasteiger partial charge in [-0.25, -0.2) is 4.79 Å². The number of ether oxygens (including phenoxy) is 2. The first-order valence-electron chi connectivity index (χ1n) is 11.6. The zero-order chi connectivity index (χ0) is 25.1. The third-order valence-corrected chi connectivity index (χ3v) is 5.73. The molecule has 1 amide bonds. The van der Waals surface area contributed by atoms with Gasteiger partial charge in [0.05, 0.1) is 25.4 Å². The van der Waals surface area contributed by atoms with Crippen molar-refractivity contribution in [2.75, 3.05) is 26.9 Å². The number of nitrogens with one attached hydrogen (secondary N) is 2. The molecule has 3 N–H and O–H groups in total. The van der Waals surface area contributed by atoms with Gasteiger partial charge in [-0.15, -0.1) is 0 Å². The highest BCUT2D eigenvalue weighted by molar-refractivity contribution is 5.88. The molecule has 2 atom stereocenters. The first-order valence-corrected chi connectivity index (χ1v) is 11.6. The summed E-state index contributed by atoms with van der Waals surface area (Å²) in [4.78, 5) is 25.6. The molecule has 3 aromatic carbocycles. The Morgan fingerprint density at radius 3 is 1.66 bits per heavy atom. The second-order valence-electron chi connectivity index (χ2n) is 8.00. The fraction of sp³-hybridized carbons (Fsp3) is 0.286. The topological polar surface area (TPSA) is 96.9 Å². The molecule has 0 aliphatic rings. The van der Waals surface area contributed by atoms with E-state index in [9.17, 15) is 14.7 Å². The highest BCUT2D eigenvalue weighted by atomic mass is 16.5. The fourth-order valence-corrected chi connectivity index (χ4v) is 4.12. The molecule has 0 unspecified atom stereocenters. The van der Waals surface area contributed by atoms with E-state index in [1.165, 1.54) is 7.11 Å². The average molecular weight is 477 g/mol. The largest absolute Gasteiger partial charge is 0.464 e. The Labute approximate surface area is 206 Å². The van der Waals surface area contributed by atoms with Gasteiger partial charge < -0.3 is 19.9 Å². The zero-order valence-electron chi connectivity index (χ0n) is 20.0. The smallest absolute Gasteiger partial charge is 0.331 e. The van der Waals surface area contributed by atoms with E-state index >= 15 is 0 Å². The molecule has 0 aliphatic heterocycles. The Morgan fingerprint density at radius 2 is 1.29 bits per heavy atom. The SMILES string of the molecule is CCOC(=O)[C@H](CO)NC(=O)[C@H](COC)NC(c1ccccc1)(c1ccccc1)c1ccccc1. The minimum Gasteiger partial charge on any atom is -0.464 e. The summed E-state index contributed by atoms with van der Waals surface area (Å²) in [6, 6.07) is 27.5. The summed E-state index contributed by atoms with van der Waals surface area (Å²) >= 11 is 0. The van der Waals surface area contributed by atoms with Crippen molar-refractivity contribution in [1.82, 2.24) is 10.6 Å². The molecule has 7 heteroatoms. The second-order valence-corrected chi connectivity index (χ2v) is 8.00. The van der Waals surface area contributed by atoms with Gasteiger partial charge in [-0.05, 0) is 23.6 Å². The van der Waals surface area contributed by atoms with Gasteiger partial charge in [0.15, 0.2) is 6.04 Å². The van der Waals surface area contributed by atoms with E-state index in [-0.39, 0.29) is 13.2 Å². The second kappa shape index (κ2) is 12.8. The number of benzene rings is 3. The number of hydrogen-bond donors (Lipinski definition) is 3. The molecule has 0 spiro atoms. The predicted molar refractivity (Wildman–Crippen MR) is 134 cm³/mol. The van der Waals surface area contributed by atoms with Gasteiger partial charge in [0.2, 0.25) is 5.91 Å². The maximum atomic E-state index is 13.4. The molecule has 35 heavy (non-hydrogen) atoms. The number of carbonyl (C=O) groups is 2. The maximum Gasteiger partial charge on any atom is 0.331 e. The minimum absolute atomic E-state index is 0.0288. The molecule has 0 heterocycles. The van der Waals surface area contributed by atoms with Crippen LogP contribution in [0.1, 0.15) is 23.6 Å². The molecule has 0 radical (unpaired) electrons. The van der Waals surface area contributed by atoms with Crippen LogP contribution < -0.4 is 10.6 Å². The summed E-state index contributed by atoms with van der Waals surface area (Å²) in [5.41, 5.74) is 1.87. The Hall–Kier alpha value is -3.52. The molecule has 0 bridgehead atoms. The summed E-state index contributed by atoms with van der Waals surface area (Å²) in [6.07, 6.45) is 0. The van der Waals surface area contributed by atoms with E-state index in [2.05, 4.69) is 10.6 Å². The first-order chi connectivity index (χ1) is 17.1. The molecule has 3 aromatic rings. The number of amides is 1. The van der Waals surface area contributed by atoms with Crippen molar-refractivity contribution >= 4 is 11.9 Å². The Morgan fingerprint density at radius 1 is 0.829 bits per heavy atom. The van der Waals surface area contributed by atoms with Gasteiger partial charge in [0.25, 0.3) is 0 Å². The van der Waals surface area contributed by atoms with Crippen molar-refractivity contribution in [3.05, 3.63) is 108 Å². The minimum atomic E-state index is -1.18. The molecule has 0 saturated carbocycles. The van der Waals surface area contributed by atoms with Crippen LogP contribution >= 0.6 is 0 Å². The zero-order valence-corrected chi connectivity index (χ0v) is 20.0. The van der Waals surface area contributed by atoms with E-state index in [0.717, 1.165) is 16.7 Å². The van der Waals surface area contributed by atoms with E-state index in [0.29, 0.717) is 0 Å². The Bertz CT molecular complexity index is 964. The summed E-state index contributed by atoms with van der Waals surface area (Å²) in [5, 5.41) is 15.8. The van der Waals surface area contributed by atoms with Crippen LogP contribution in [0.3, 0.4) is 0 Å². The normalized spacial score (nSPS) is 13.0. The van der Waals surface area contributed by atoms with Gasteiger partial charge >= 0.3 is 5.97 Å². The van der Waals surface area contributed by atoms with Crippen molar-refractivity contribution in [2.45, 2.75) is 24.5 Å². The number of hydrogen-bond acceptors (Lipinski definition) is 6. The molecule has 0 saturated heterocycles. The van der Waals surface area contributed by atoms with Gasteiger partial charge in [0.1, 0.15) is 6.04 Å². The number of carbonyl (C=O) groups excluding carboxylic acids is 2. The lowest BCUT2D eigenvalue weighted by Crippen LogP contribution is -2.59. The molecular formula is C28H32N2O5. The quantitative estimate of drug-likeness (QED) is 0.275. The fourth-order valence-electron chi connectivity index (χ4n) is 4.12. The van der Waals surface area contributed by atoms with E-state index in [4.69, 9.17) is 9.47 Å². The molecule has 7 nitrogen and oxygen atoms in total. The van der Waals surface area contributed by atoms with Crippen molar-refractivity contribution < 1.29 is 24.2 Å². The lowest BCUT2D eigenvalue weighted by Gasteiger charge is -2.39. The van der Waals surface area contributed by atoms with Crippen LogP contribution in [0.2, 0.25) is 0 Å². The van der Waals surface area contributed by atoms with Gasteiger partial charge in [-0.2, -0.15) is 0 Å². The first kappa shape index (κ1) is 26.1. The summed E-state index contributed by atoms with van der Waals surface area (Å²) in [5.74, 6) is -1.19. The summed E-state index contributed by atoms with van der Waals surface area (Å²) in [7, 11) is 1.51. The molecule has 3 rings (SSSR count). The highest BCUT2D eigenvalue weighted by Crippen LogP contribution is 2.37. The van der Waals surface area contributed by atoms with Crippen LogP contribution in [0, 0.1) is 0 Å². The van der Waals surface area contributed by atoms with Crippen molar-refractivity contribution in [3.8, 4) is 0 Å². The van der Waals surface area contributed by atoms with Crippen LogP contribution in [0.5, 0.6) is 0 Å². The van der Waals surface area contributed by atoms with E-state index in [1.54, 1.807) is 6.92 Å². The van der Waals surface area contributed by atoms with Gasteiger partial charge in [0, 0.05) is 7.11 Å². The molecular weight excluding hydrogens is 444 g/mol. The number of aliphatic hydroxyl groups excluding tert-OH is 1. The number of esters is 1. The van der Waals surface area contributed by atoms with Crippen molar-refractivity contribution in [1.29, 1.82) is 0 Å². The van der Waals surface area contributed by atoms with Crippen LogP contribution in [0.4, 0.5) is 0 Å². The molecule has 184 valence electrons. The lowest BCUT2D eigenvalue weighted by molar-refractivity contribution is -0.149. The maximum absolute atomic E-state index is 13.4. The lowest BCUT2D eigenvalue weighted by atomic mass is 9.76. The number of aliphatic hydroxyl groups is 1. The highest BCUT2D eigenvalue weighted by Gasteiger charge is 2.40. The standard InChI is InChI=1S/C28H32N2O5/c1-3-35-27(33)24(19-31)29-26(32)25(20-34-2)30-28(21-13-7-4-8-14-21,22-15-9-5-10-16-22)23-17-11-6-12-18-23/h4-18,24-25,30-31H,3,19-20H2,1-2H3,(H,29,32)/t24-,25-/m0/s1. The van der Waals surface area contributed by atoms with Gasteiger partial charge in [-0.1, -0.05) is 91.0 Å². The summed E-state index contributed by atoms with van der Waals surface area (Å²) < 4.78 is 10.4. The average Bonchev–Trinajstić information content (AvgIpc) is 2.91.